The number of fused-ring (bicyclic) bond motifs is 4. The van der Waals surface area contributed by atoms with E-state index in [4.69, 9.17) is 0 Å². The first-order valence-electron chi connectivity index (χ1n) is 15.4. The van der Waals surface area contributed by atoms with E-state index in [0.717, 1.165) is 17.9 Å². The molecule has 0 radical (unpaired) electrons. The molecule has 0 spiro atoms. The minimum absolute atomic E-state index is 0.696. The molecule has 6 aliphatic rings. The summed E-state index contributed by atoms with van der Waals surface area (Å²) in [6, 6.07) is 9.84. The van der Waals surface area contributed by atoms with E-state index in [1.54, 1.807) is 22.5 Å². The van der Waals surface area contributed by atoms with Gasteiger partial charge in [-0.3, -0.25) is 0 Å². The van der Waals surface area contributed by atoms with Crippen LogP contribution in [-0.4, -0.2) is 10.9 Å². The lowest BCUT2D eigenvalue weighted by Gasteiger charge is -2.51. The molecule has 0 saturated heterocycles. The maximum atomic E-state index is 2.91. The third-order valence-electron chi connectivity index (χ3n) is 10.4. The van der Waals surface area contributed by atoms with Crippen LogP contribution >= 0.6 is 0 Å². The van der Waals surface area contributed by atoms with Gasteiger partial charge >= 0.3 is 0 Å². The van der Waals surface area contributed by atoms with Crippen molar-refractivity contribution in [1.82, 2.24) is 4.90 Å². The van der Waals surface area contributed by atoms with Crippen LogP contribution in [0.15, 0.2) is 83.8 Å². The largest absolute Gasteiger partial charge is 0.346 e. The van der Waals surface area contributed by atoms with E-state index >= 15 is 0 Å². The average Bonchev–Trinajstić information content (AvgIpc) is 2.98. The van der Waals surface area contributed by atoms with E-state index in [-0.39, 0.29) is 0 Å². The van der Waals surface area contributed by atoms with Crippen molar-refractivity contribution in [2.75, 3.05) is 0 Å². The van der Waals surface area contributed by atoms with Gasteiger partial charge in [-0.15, -0.1) is 0 Å². The van der Waals surface area contributed by atoms with Crippen LogP contribution < -0.4 is 10.4 Å². The maximum absolute atomic E-state index is 2.91. The topological polar surface area (TPSA) is 3.24 Å². The lowest BCUT2D eigenvalue weighted by molar-refractivity contribution is 0.107. The molecule has 1 heteroatoms. The Bertz CT molecular complexity index is 1290. The Hall–Kier alpha value is -2.54. The van der Waals surface area contributed by atoms with Gasteiger partial charge < -0.3 is 4.90 Å². The van der Waals surface area contributed by atoms with Crippen molar-refractivity contribution in [2.45, 2.75) is 89.5 Å². The fourth-order valence-electron chi connectivity index (χ4n) is 8.82. The summed E-state index contributed by atoms with van der Waals surface area (Å²) in [5.74, 6) is 2.91. The molecule has 0 heterocycles. The van der Waals surface area contributed by atoms with Crippen LogP contribution in [0.2, 0.25) is 0 Å². The van der Waals surface area contributed by atoms with Crippen LogP contribution in [0, 0.1) is 23.7 Å². The Labute approximate surface area is 223 Å². The highest BCUT2D eigenvalue weighted by molar-refractivity contribution is 5.69. The number of rotatable bonds is 4. The van der Waals surface area contributed by atoms with Gasteiger partial charge in [0.25, 0.3) is 0 Å². The smallest absolute Gasteiger partial charge is 0.0335 e. The summed E-state index contributed by atoms with van der Waals surface area (Å²) in [4.78, 5) is 2.91. The van der Waals surface area contributed by atoms with Crippen molar-refractivity contribution in [1.29, 1.82) is 0 Å². The number of nitrogens with zero attached hydrogens (tertiary/aromatic N) is 1. The van der Waals surface area contributed by atoms with Gasteiger partial charge in [0, 0.05) is 23.4 Å². The maximum Gasteiger partial charge on any atom is 0.0335 e. The first kappa shape index (κ1) is 23.6. The predicted octanol–water partition coefficient (Wildman–Crippen LogP) is 7.71. The molecule has 0 aromatic heterocycles. The monoisotopic (exact) mass is 489 g/mol. The third-order valence-corrected chi connectivity index (χ3v) is 10.4. The molecule has 0 bridgehead atoms. The van der Waals surface area contributed by atoms with Gasteiger partial charge in [-0.1, -0.05) is 86.1 Å². The number of hydrogen-bond donors (Lipinski definition) is 0. The van der Waals surface area contributed by atoms with Gasteiger partial charge in [-0.25, -0.2) is 0 Å². The fraction of sp³-hybridized carbons (Fsp3) is 0.500. The van der Waals surface area contributed by atoms with E-state index < -0.39 is 0 Å². The van der Waals surface area contributed by atoms with E-state index in [2.05, 4.69) is 77.8 Å². The number of allylic oxidation sites excluding steroid dienone is 10. The normalized spacial score (nSPS) is 31.2. The Morgan fingerprint density at radius 2 is 1.62 bits per heavy atom. The molecule has 0 aliphatic heterocycles. The van der Waals surface area contributed by atoms with E-state index in [9.17, 15) is 0 Å². The van der Waals surface area contributed by atoms with Gasteiger partial charge in [0.1, 0.15) is 0 Å². The summed E-state index contributed by atoms with van der Waals surface area (Å²) < 4.78 is 0. The zero-order valence-electron chi connectivity index (χ0n) is 22.5. The van der Waals surface area contributed by atoms with Gasteiger partial charge in [-0.05, 0) is 110 Å². The first-order valence-corrected chi connectivity index (χ1v) is 15.4. The third kappa shape index (κ3) is 4.33. The molecule has 6 aliphatic carbocycles. The van der Waals surface area contributed by atoms with Crippen molar-refractivity contribution >= 4 is 11.6 Å². The molecular formula is C36H43N. The van der Waals surface area contributed by atoms with Crippen LogP contribution in [0.4, 0.5) is 0 Å². The molecular weight excluding hydrogens is 446 g/mol. The lowest BCUT2D eigenvalue weighted by Crippen LogP contribution is -2.45. The first-order chi connectivity index (χ1) is 18.4. The zero-order valence-corrected chi connectivity index (χ0v) is 22.5. The Kier molecular flexibility index (Phi) is 6.57. The SMILES string of the molecule is C1=CCCC(N(C2=CCCC3C2CCC2C(C4=c5ccccc5=CCC4)=CC=CC23)C2CCCCC2)=C1. The minimum Gasteiger partial charge on any atom is -0.346 e. The Morgan fingerprint density at radius 1 is 0.730 bits per heavy atom. The Morgan fingerprint density at radius 3 is 2.51 bits per heavy atom. The summed E-state index contributed by atoms with van der Waals surface area (Å²) in [5.41, 5.74) is 6.64. The van der Waals surface area contributed by atoms with Gasteiger partial charge in [0.15, 0.2) is 0 Å². The number of benzene rings is 1. The van der Waals surface area contributed by atoms with E-state index in [1.807, 2.05) is 0 Å². The average molecular weight is 490 g/mol. The molecule has 0 N–H and O–H groups in total. The van der Waals surface area contributed by atoms with Crippen LogP contribution in [0.3, 0.4) is 0 Å². The minimum atomic E-state index is 0.696. The molecule has 4 atom stereocenters. The van der Waals surface area contributed by atoms with Gasteiger partial charge in [0.05, 0.1) is 0 Å². The molecule has 192 valence electrons. The second kappa shape index (κ2) is 10.3. The summed E-state index contributed by atoms with van der Waals surface area (Å²) in [5, 5.41) is 2.95. The van der Waals surface area contributed by atoms with Gasteiger partial charge in [-0.2, -0.15) is 0 Å². The molecule has 37 heavy (non-hydrogen) atoms. The lowest BCUT2D eigenvalue weighted by atomic mass is 9.58. The van der Waals surface area contributed by atoms with Crippen LogP contribution in [-0.2, 0) is 0 Å². The molecule has 1 nitrogen and oxygen atoms in total. The second-order valence-electron chi connectivity index (χ2n) is 12.3. The quantitative estimate of drug-likeness (QED) is 0.419. The fourth-order valence-corrected chi connectivity index (χ4v) is 8.82. The van der Waals surface area contributed by atoms with Crippen LogP contribution in [0.25, 0.3) is 11.6 Å². The molecule has 1 aromatic rings. The van der Waals surface area contributed by atoms with Crippen molar-refractivity contribution in [3.8, 4) is 0 Å². The highest BCUT2D eigenvalue weighted by Gasteiger charge is 2.45. The summed E-state index contributed by atoms with van der Waals surface area (Å²) in [6.45, 7) is 0. The molecule has 1 aromatic carbocycles. The van der Waals surface area contributed by atoms with Crippen molar-refractivity contribution < 1.29 is 0 Å². The van der Waals surface area contributed by atoms with Gasteiger partial charge in [0.2, 0.25) is 0 Å². The van der Waals surface area contributed by atoms with Crippen LogP contribution in [0.1, 0.15) is 83.5 Å². The van der Waals surface area contributed by atoms with E-state index in [0.29, 0.717) is 11.8 Å². The standard InChI is InChI=1S/C36H43N/c1-3-14-27(15-4-1)37(28-16-5-2-6-17-28)36-23-11-22-33-32-21-10-20-31(34(32)24-25-35(33)36)30-19-9-13-26-12-7-8-18-29(26)30/h1,3,7-8,10,12-14,18,20-21,23,28,32-35H,2,4-6,9,11,15-17,19,22,24-25H2. The summed E-state index contributed by atoms with van der Waals surface area (Å²) in [6.07, 6.45) is 36.9. The molecule has 2 saturated carbocycles. The van der Waals surface area contributed by atoms with Crippen LogP contribution in [0.5, 0.6) is 0 Å². The summed E-state index contributed by atoms with van der Waals surface area (Å²) >= 11 is 0. The van der Waals surface area contributed by atoms with Crippen molar-refractivity contribution in [3.05, 3.63) is 94.2 Å². The molecule has 4 unspecified atom stereocenters. The highest BCUT2D eigenvalue weighted by atomic mass is 15.2. The molecule has 0 amide bonds. The van der Waals surface area contributed by atoms with Crippen molar-refractivity contribution in [2.24, 2.45) is 23.7 Å². The summed E-state index contributed by atoms with van der Waals surface area (Å²) in [7, 11) is 0. The van der Waals surface area contributed by atoms with E-state index in [1.165, 1.54) is 93.9 Å². The molecule has 7 rings (SSSR count). The zero-order chi connectivity index (χ0) is 24.6. The van der Waals surface area contributed by atoms with Crippen molar-refractivity contribution in [3.63, 3.8) is 0 Å². The molecule has 2 fully saturated rings. The predicted molar refractivity (Wildman–Crippen MR) is 156 cm³/mol. The second-order valence-corrected chi connectivity index (χ2v) is 12.3. The number of hydrogen-bond acceptors (Lipinski definition) is 1. The highest BCUT2D eigenvalue weighted by Crippen LogP contribution is 2.53. The Balaban J connectivity index is 1.21.